The number of carbonyl (C=O) groups is 3. The molecule has 0 aromatic heterocycles. The Balaban J connectivity index is 2.48. The number of para-hydroxylation sites is 1. The van der Waals surface area contributed by atoms with E-state index in [1.807, 2.05) is 0 Å². The van der Waals surface area contributed by atoms with Gasteiger partial charge in [0.25, 0.3) is 0 Å². The predicted octanol–water partition coefficient (Wildman–Crippen LogP) is 3.07. The van der Waals surface area contributed by atoms with Crippen molar-refractivity contribution in [2.75, 3.05) is 25.7 Å². The summed E-state index contributed by atoms with van der Waals surface area (Å²) in [5, 5.41) is 10.1. The number of nitrogens with two attached hydrogens (primary N) is 1. The van der Waals surface area contributed by atoms with Crippen LogP contribution < -0.4 is 10.6 Å². The first-order valence-corrected chi connectivity index (χ1v) is 10.7. The molecule has 2 aromatic rings. The van der Waals surface area contributed by atoms with Gasteiger partial charge in [0.1, 0.15) is 11.5 Å². The molecule has 1 aliphatic rings. The number of nitriles is 1. The van der Waals surface area contributed by atoms with Crippen LogP contribution in [0.2, 0.25) is 0 Å². The number of ether oxygens (including phenoxy) is 3. The molecule has 1 aliphatic heterocycles. The van der Waals surface area contributed by atoms with Crippen LogP contribution in [0.3, 0.4) is 0 Å². The fraction of sp³-hybridized carbons (Fsp3) is 0.231. The molecule has 2 aromatic carbocycles. The van der Waals surface area contributed by atoms with Crippen LogP contribution in [-0.2, 0) is 23.8 Å². The van der Waals surface area contributed by atoms with Crippen LogP contribution in [0.25, 0.3) is 0 Å². The Hall–Kier alpha value is -4.58. The van der Waals surface area contributed by atoms with E-state index >= 15 is 0 Å². The summed E-state index contributed by atoms with van der Waals surface area (Å²) in [7, 11) is 2.33. The third kappa shape index (κ3) is 4.46. The fourth-order valence-electron chi connectivity index (χ4n) is 4.07. The molecule has 0 bridgehead atoms. The van der Waals surface area contributed by atoms with E-state index in [2.05, 4.69) is 6.07 Å². The first-order valence-electron chi connectivity index (χ1n) is 10.7. The van der Waals surface area contributed by atoms with Gasteiger partial charge in [-0.15, -0.1) is 0 Å². The molecule has 9 heteroatoms. The molecule has 1 heterocycles. The number of esters is 3. The summed E-state index contributed by atoms with van der Waals surface area (Å²) in [5.74, 6) is -3.55. The molecule has 35 heavy (non-hydrogen) atoms. The third-order valence-electron chi connectivity index (χ3n) is 5.57. The van der Waals surface area contributed by atoms with Gasteiger partial charge in [0, 0.05) is 0 Å². The molecule has 2 N–H and O–H groups in total. The van der Waals surface area contributed by atoms with Gasteiger partial charge >= 0.3 is 17.9 Å². The van der Waals surface area contributed by atoms with Gasteiger partial charge in [-0.05, 0) is 31.0 Å². The van der Waals surface area contributed by atoms with Crippen LogP contribution in [0.5, 0.6) is 0 Å². The van der Waals surface area contributed by atoms with E-state index in [-0.39, 0.29) is 40.5 Å². The van der Waals surface area contributed by atoms with Crippen molar-refractivity contribution in [1.29, 1.82) is 5.26 Å². The zero-order valence-corrected chi connectivity index (χ0v) is 19.8. The molecule has 9 nitrogen and oxygen atoms in total. The number of rotatable bonds is 6. The summed E-state index contributed by atoms with van der Waals surface area (Å²) in [6, 6.07) is 15.6. The second-order valence-corrected chi connectivity index (χ2v) is 7.53. The molecule has 0 saturated carbocycles. The van der Waals surface area contributed by atoms with Gasteiger partial charge in [0.15, 0.2) is 0 Å². The summed E-state index contributed by atoms with van der Waals surface area (Å²) < 4.78 is 15.3. The van der Waals surface area contributed by atoms with Crippen molar-refractivity contribution in [3.05, 3.63) is 87.9 Å². The Labute approximate surface area is 203 Å². The maximum atomic E-state index is 13.2. The van der Waals surface area contributed by atoms with Crippen molar-refractivity contribution in [1.82, 2.24) is 0 Å². The first-order chi connectivity index (χ1) is 16.8. The SMILES string of the molecule is CCOC(=O)c1cccc(C)c1N1C(N)=C(C#N)C(c2ccccc2)C(C(=O)OC)=C1C(=O)OC. The Bertz CT molecular complexity index is 1270. The maximum absolute atomic E-state index is 13.2. The van der Waals surface area contributed by atoms with Crippen molar-refractivity contribution >= 4 is 23.6 Å². The lowest BCUT2D eigenvalue weighted by atomic mass is 9.80. The van der Waals surface area contributed by atoms with Crippen LogP contribution in [0.15, 0.2) is 71.2 Å². The topological polar surface area (TPSA) is 132 Å². The largest absolute Gasteiger partial charge is 0.466 e. The highest BCUT2D eigenvalue weighted by Gasteiger charge is 2.44. The van der Waals surface area contributed by atoms with Gasteiger partial charge in [-0.1, -0.05) is 42.5 Å². The van der Waals surface area contributed by atoms with Gasteiger partial charge in [-0.2, -0.15) is 5.26 Å². The lowest BCUT2D eigenvalue weighted by Crippen LogP contribution is -2.41. The van der Waals surface area contributed by atoms with E-state index in [0.29, 0.717) is 11.1 Å². The van der Waals surface area contributed by atoms with E-state index in [1.165, 1.54) is 18.1 Å². The number of hydrogen-bond acceptors (Lipinski definition) is 9. The standard InChI is InChI=1S/C26H25N3O6/c1-5-35-24(30)17-13-9-10-15(2)21(17)29-22(26(32)34-4)20(25(31)33-3)19(18(14-27)23(29)28)16-11-7-6-8-12-16/h6-13,19H,5,28H2,1-4H3. The van der Waals surface area contributed by atoms with Crippen molar-refractivity contribution < 1.29 is 28.6 Å². The zero-order valence-electron chi connectivity index (χ0n) is 19.8. The number of allylic oxidation sites excluding steroid dienone is 1. The molecule has 0 fully saturated rings. The number of methoxy groups -OCH3 is 2. The van der Waals surface area contributed by atoms with E-state index in [4.69, 9.17) is 19.9 Å². The summed E-state index contributed by atoms with van der Waals surface area (Å²) in [6.07, 6.45) is 0. The molecular weight excluding hydrogens is 450 g/mol. The van der Waals surface area contributed by atoms with Crippen molar-refractivity contribution in [3.8, 4) is 6.07 Å². The van der Waals surface area contributed by atoms with Gasteiger partial charge in [0.05, 0.1) is 55.2 Å². The first kappa shape index (κ1) is 25.1. The zero-order chi connectivity index (χ0) is 25.7. The number of anilines is 1. The molecule has 0 radical (unpaired) electrons. The van der Waals surface area contributed by atoms with Crippen molar-refractivity contribution in [2.45, 2.75) is 19.8 Å². The van der Waals surface area contributed by atoms with Gasteiger partial charge in [-0.3, -0.25) is 4.90 Å². The van der Waals surface area contributed by atoms with Gasteiger partial charge in [0.2, 0.25) is 0 Å². The van der Waals surface area contributed by atoms with E-state index in [0.717, 1.165) is 7.11 Å². The highest BCUT2D eigenvalue weighted by atomic mass is 16.5. The number of carbonyl (C=O) groups excluding carboxylic acids is 3. The normalized spacial score (nSPS) is 15.4. The molecule has 0 spiro atoms. The summed E-state index contributed by atoms with van der Waals surface area (Å²) in [5.41, 5.74) is 7.49. The third-order valence-corrected chi connectivity index (χ3v) is 5.57. The highest BCUT2D eigenvalue weighted by Crippen LogP contribution is 2.44. The van der Waals surface area contributed by atoms with Crippen molar-refractivity contribution in [3.63, 3.8) is 0 Å². The monoisotopic (exact) mass is 475 g/mol. The molecule has 180 valence electrons. The Morgan fingerprint density at radius 2 is 1.66 bits per heavy atom. The lowest BCUT2D eigenvalue weighted by Gasteiger charge is -2.37. The van der Waals surface area contributed by atoms with E-state index < -0.39 is 23.8 Å². The van der Waals surface area contributed by atoms with Crippen LogP contribution in [0.1, 0.15) is 34.3 Å². The average Bonchev–Trinajstić information content (AvgIpc) is 2.87. The van der Waals surface area contributed by atoms with Crippen LogP contribution >= 0.6 is 0 Å². The molecule has 0 saturated heterocycles. The smallest absolute Gasteiger partial charge is 0.355 e. The number of hydrogen-bond donors (Lipinski definition) is 1. The highest BCUT2D eigenvalue weighted by molar-refractivity contribution is 6.08. The second kappa shape index (κ2) is 10.6. The summed E-state index contributed by atoms with van der Waals surface area (Å²) in [4.78, 5) is 40.4. The fourth-order valence-corrected chi connectivity index (χ4v) is 4.07. The molecule has 1 unspecified atom stereocenters. The van der Waals surface area contributed by atoms with Crippen LogP contribution in [0, 0.1) is 18.3 Å². The number of benzene rings is 2. The van der Waals surface area contributed by atoms with Gasteiger partial charge < -0.3 is 19.9 Å². The summed E-state index contributed by atoms with van der Waals surface area (Å²) in [6.45, 7) is 3.48. The quantitative estimate of drug-likeness (QED) is 0.494. The maximum Gasteiger partial charge on any atom is 0.355 e. The van der Waals surface area contributed by atoms with Crippen LogP contribution in [-0.4, -0.2) is 38.7 Å². The number of nitrogens with zero attached hydrogens (tertiary/aromatic N) is 2. The Kier molecular flexibility index (Phi) is 7.56. The average molecular weight is 476 g/mol. The summed E-state index contributed by atoms with van der Waals surface area (Å²) >= 11 is 0. The molecule has 3 rings (SSSR count). The van der Waals surface area contributed by atoms with E-state index in [9.17, 15) is 19.6 Å². The molecular formula is C26H25N3O6. The predicted molar refractivity (Wildman–Crippen MR) is 127 cm³/mol. The van der Waals surface area contributed by atoms with Gasteiger partial charge in [-0.25, -0.2) is 14.4 Å². The second-order valence-electron chi connectivity index (χ2n) is 7.53. The molecule has 0 amide bonds. The number of aryl methyl sites for hydroxylation is 1. The van der Waals surface area contributed by atoms with Crippen molar-refractivity contribution in [2.24, 2.45) is 5.73 Å². The van der Waals surface area contributed by atoms with E-state index in [1.54, 1.807) is 56.3 Å². The molecule has 1 atom stereocenters. The Morgan fingerprint density at radius 1 is 1.00 bits per heavy atom. The van der Waals surface area contributed by atoms with Crippen LogP contribution in [0.4, 0.5) is 5.69 Å². The minimum atomic E-state index is -1.01. The lowest BCUT2D eigenvalue weighted by molar-refractivity contribution is -0.139. The minimum absolute atomic E-state index is 0.00214. The minimum Gasteiger partial charge on any atom is -0.466 e. The molecule has 0 aliphatic carbocycles. The Morgan fingerprint density at radius 3 is 2.23 bits per heavy atom.